The van der Waals surface area contributed by atoms with Gasteiger partial charge >= 0.3 is 0 Å². The Labute approximate surface area is 249 Å². The number of carbonyl (C=O) groups is 1. The lowest BCUT2D eigenvalue weighted by atomic mass is 9.95. The maximum absolute atomic E-state index is 13.9. The number of amides is 1. The zero-order valence-corrected chi connectivity index (χ0v) is 25.9. The number of aryl methyl sites for hydroxylation is 3. The van der Waals surface area contributed by atoms with Crippen LogP contribution in [0, 0.1) is 5.92 Å². The van der Waals surface area contributed by atoms with Crippen LogP contribution in [0.25, 0.3) is 0 Å². The predicted molar refractivity (Wildman–Crippen MR) is 175 cm³/mol. The van der Waals surface area contributed by atoms with E-state index in [2.05, 4.69) is 69.4 Å². The second-order valence-corrected chi connectivity index (χ2v) is 11.4. The molecule has 0 aliphatic carbocycles. The highest BCUT2D eigenvalue weighted by molar-refractivity contribution is 5.93. The quantitative estimate of drug-likeness (QED) is 0.164. The van der Waals surface area contributed by atoms with Crippen molar-refractivity contribution in [2.45, 2.75) is 105 Å². The fraction of sp³-hybridized carbons (Fsp3) is 0.486. The molecule has 0 radical (unpaired) electrons. The standard InChI is InChI=1S/C37H52N2O2/c1-5-9-15-29(8-4)28-39(35-23-21-34(22-24-35)38-33-18-13-12-14-19-33)36(40)25-20-30-26-31(16-10-6-2)37(41)32(27-30)17-11-7-3/h12-14,18-19,21-24,26-27,29,38,41H,5-11,15-17,20,25,28H2,1-4H3. The molecule has 0 aliphatic heterocycles. The summed E-state index contributed by atoms with van der Waals surface area (Å²) in [6.45, 7) is 9.58. The van der Waals surface area contributed by atoms with E-state index in [0.717, 1.165) is 91.7 Å². The number of rotatable bonds is 18. The predicted octanol–water partition coefficient (Wildman–Crippen LogP) is 10.0. The number of hydrogen-bond acceptors (Lipinski definition) is 3. The van der Waals surface area contributed by atoms with Gasteiger partial charge in [0.1, 0.15) is 5.75 Å². The number of nitrogens with one attached hydrogen (secondary N) is 1. The van der Waals surface area contributed by atoms with Gasteiger partial charge < -0.3 is 15.3 Å². The van der Waals surface area contributed by atoms with E-state index in [1.165, 1.54) is 12.8 Å². The number of carbonyl (C=O) groups excluding carboxylic acids is 1. The average molecular weight is 557 g/mol. The molecule has 1 atom stereocenters. The topological polar surface area (TPSA) is 52.6 Å². The van der Waals surface area contributed by atoms with Crippen molar-refractivity contribution in [2.24, 2.45) is 5.92 Å². The lowest BCUT2D eigenvalue weighted by Gasteiger charge is -2.28. The van der Waals surface area contributed by atoms with Crippen molar-refractivity contribution in [1.82, 2.24) is 0 Å². The van der Waals surface area contributed by atoms with Crippen LogP contribution >= 0.6 is 0 Å². The molecule has 0 heterocycles. The molecule has 3 rings (SSSR count). The van der Waals surface area contributed by atoms with Gasteiger partial charge in [-0.3, -0.25) is 4.79 Å². The van der Waals surface area contributed by atoms with E-state index in [0.29, 0.717) is 24.5 Å². The van der Waals surface area contributed by atoms with Gasteiger partial charge in [-0.05, 0) is 97.5 Å². The van der Waals surface area contributed by atoms with Crippen molar-refractivity contribution in [3.8, 4) is 5.75 Å². The van der Waals surface area contributed by atoms with Crippen LogP contribution in [0.15, 0.2) is 66.7 Å². The zero-order valence-electron chi connectivity index (χ0n) is 25.9. The van der Waals surface area contributed by atoms with Gasteiger partial charge in [0.05, 0.1) is 0 Å². The average Bonchev–Trinajstić information content (AvgIpc) is 3.00. The maximum atomic E-state index is 13.9. The van der Waals surface area contributed by atoms with Gasteiger partial charge in [0, 0.05) is 30.0 Å². The number of unbranched alkanes of at least 4 members (excludes halogenated alkanes) is 3. The molecule has 41 heavy (non-hydrogen) atoms. The van der Waals surface area contributed by atoms with Crippen LogP contribution in [0.4, 0.5) is 17.1 Å². The smallest absolute Gasteiger partial charge is 0.227 e. The van der Waals surface area contributed by atoms with Crippen LogP contribution < -0.4 is 10.2 Å². The highest BCUT2D eigenvalue weighted by Gasteiger charge is 2.20. The van der Waals surface area contributed by atoms with E-state index in [4.69, 9.17) is 0 Å². The Morgan fingerprint density at radius 3 is 1.93 bits per heavy atom. The van der Waals surface area contributed by atoms with Crippen LogP contribution in [-0.2, 0) is 24.1 Å². The third-order valence-electron chi connectivity index (χ3n) is 8.08. The second-order valence-electron chi connectivity index (χ2n) is 11.4. The van der Waals surface area contributed by atoms with Crippen molar-refractivity contribution in [1.29, 1.82) is 0 Å². The molecule has 4 nitrogen and oxygen atoms in total. The monoisotopic (exact) mass is 556 g/mol. The first-order chi connectivity index (χ1) is 20.0. The van der Waals surface area contributed by atoms with Crippen LogP contribution in [0.3, 0.4) is 0 Å². The molecule has 0 aromatic heterocycles. The van der Waals surface area contributed by atoms with E-state index in [1.54, 1.807) is 0 Å². The van der Waals surface area contributed by atoms with Gasteiger partial charge in [-0.25, -0.2) is 0 Å². The van der Waals surface area contributed by atoms with Gasteiger partial charge in [0.15, 0.2) is 0 Å². The van der Waals surface area contributed by atoms with E-state index >= 15 is 0 Å². The minimum Gasteiger partial charge on any atom is -0.507 e. The summed E-state index contributed by atoms with van der Waals surface area (Å²) >= 11 is 0. The van der Waals surface area contributed by atoms with Gasteiger partial charge in [-0.2, -0.15) is 0 Å². The van der Waals surface area contributed by atoms with E-state index in [1.807, 2.05) is 35.2 Å². The molecule has 0 bridgehead atoms. The Morgan fingerprint density at radius 2 is 1.37 bits per heavy atom. The summed E-state index contributed by atoms with van der Waals surface area (Å²) in [6.07, 6.45) is 11.8. The van der Waals surface area contributed by atoms with Gasteiger partial charge in [-0.1, -0.05) is 90.1 Å². The number of aromatic hydroxyl groups is 1. The van der Waals surface area contributed by atoms with Crippen LogP contribution in [0.1, 0.15) is 102 Å². The highest BCUT2D eigenvalue weighted by atomic mass is 16.3. The van der Waals surface area contributed by atoms with Crippen LogP contribution in [-0.4, -0.2) is 17.6 Å². The maximum Gasteiger partial charge on any atom is 0.227 e. The molecule has 1 amide bonds. The van der Waals surface area contributed by atoms with Gasteiger partial charge in [-0.15, -0.1) is 0 Å². The molecular formula is C37H52N2O2. The SMILES string of the molecule is CCCCc1cc(CCC(=O)N(CC(CC)CCCC)c2ccc(Nc3ccccc3)cc2)cc(CCCC)c1O. The molecule has 0 saturated carbocycles. The van der Waals surface area contributed by atoms with Gasteiger partial charge in [0.25, 0.3) is 0 Å². The van der Waals surface area contributed by atoms with Crippen molar-refractivity contribution in [3.63, 3.8) is 0 Å². The summed E-state index contributed by atoms with van der Waals surface area (Å²) in [7, 11) is 0. The normalized spacial score (nSPS) is 11.8. The first-order valence-electron chi connectivity index (χ1n) is 16.0. The summed E-state index contributed by atoms with van der Waals surface area (Å²) in [5, 5.41) is 14.4. The molecule has 0 saturated heterocycles. The first-order valence-corrected chi connectivity index (χ1v) is 16.0. The molecule has 0 aliphatic rings. The van der Waals surface area contributed by atoms with Crippen LogP contribution in [0.2, 0.25) is 0 Å². The number of nitrogens with zero attached hydrogens (tertiary/aromatic N) is 1. The molecule has 0 spiro atoms. The molecule has 3 aromatic carbocycles. The van der Waals surface area contributed by atoms with E-state index < -0.39 is 0 Å². The molecule has 3 aromatic rings. The molecular weight excluding hydrogens is 504 g/mol. The number of anilines is 3. The van der Waals surface area contributed by atoms with Crippen molar-refractivity contribution in [3.05, 3.63) is 83.4 Å². The molecule has 0 fully saturated rings. The summed E-state index contributed by atoms with van der Waals surface area (Å²) in [5.41, 5.74) is 6.24. The van der Waals surface area contributed by atoms with Crippen LogP contribution in [0.5, 0.6) is 5.75 Å². The lowest BCUT2D eigenvalue weighted by Crippen LogP contribution is -2.35. The van der Waals surface area contributed by atoms with Gasteiger partial charge in [0.2, 0.25) is 5.91 Å². The van der Waals surface area contributed by atoms with E-state index in [-0.39, 0.29) is 5.91 Å². The Hall–Kier alpha value is -3.27. The summed E-state index contributed by atoms with van der Waals surface area (Å²) < 4.78 is 0. The third kappa shape index (κ3) is 10.3. The largest absolute Gasteiger partial charge is 0.507 e. The Balaban J connectivity index is 1.80. The van der Waals surface area contributed by atoms with Crippen molar-refractivity contribution < 1.29 is 9.90 Å². The molecule has 222 valence electrons. The Bertz CT molecular complexity index is 1140. The Morgan fingerprint density at radius 1 is 0.780 bits per heavy atom. The summed E-state index contributed by atoms with van der Waals surface area (Å²) in [4.78, 5) is 15.9. The number of phenolic OH excluding ortho intramolecular Hbond substituents is 1. The van der Waals surface area contributed by atoms with Crippen molar-refractivity contribution >= 4 is 23.0 Å². The van der Waals surface area contributed by atoms with Crippen molar-refractivity contribution in [2.75, 3.05) is 16.8 Å². The number of benzene rings is 3. The highest BCUT2D eigenvalue weighted by Crippen LogP contribution is 2.29. The molecule has 2 N–H and O–H groups in total. The first kappa shape index (κ1) is 32.2. The minimum atomic E-state index is 0.169. The second kappa shape index (κ2) is 17.5. The fourth-order valence-corrected chi connectivity index (χ4v) is 5.42. The number of para-hydroxylation sites is 1. The minimum absolute atomic E-state index is 0.169. The summed E-state index contributed by atoms with van der Waals surface area (Å²) in [5.74, 6) is 1.12. The molecule has 4 heteroatoms. The third-order valence-corrected chi connectivity index (χ3v) is 8.08. The fourth-order valence-electron chi connectivity index (χ4n) is 5.42. The Kier molecular flexibility index (Phi) is 13.8. The number of phenols is 1. The van der Waals surface area contributed by atoms with E-state index in [9.17, 15) is 9.90 Å². The lowest BCUT2D eigenvalue weighted by molar-refractivity contribution is -0.118. The zero-order chi connectivity index (χ0) is 29.5. The molecule has 1 unspecified atom stereocenters. The number of hydrogen-bond donors (Lipinski definition) is 2. The summed E-state index contributed by atoms with van der Waals surface area (Å²) in [6, 6.07) is 22.7.